The summed E-state index contributed by atoms with van der Waals surface area (Å²) in [5, 5.41) is -0.0195. The molecule has 0 fully saturated rings. The van der Waals surface area contributed by atoms with Gasteiger partial charge in [-0.2, -0.15) is 0 Å². The van der Waals surface area contributed by atoms with Crippen LogP contribution >= 0.6 is 11.8 Å². The number of nitrogens with zero attached hydrogens (tertiary/aromatic N) is 1. The summed E-state index contributed by atoms with van der Waals surface area (Å²) < 4.78 is 0. The lowest BCUT2D eigenvalue weighted by Crippen LogP contribution is -2.37. The van der Waals surface area contributed by atoms with E-state index >= 15 is 0 Å². The molecular formula is C17H25NOS. The highest BCUT2D eigenvalue weighted by Crippen LogP contribution is 2.21. The predicted molar refractivity (Wildman–Crippen MR) is 89.0 cm³/mol. The van der Waals surface area contributed by atoms with Crippen molar-refractivity contribution in [3.05, 3.63) is 47.5 Å². The van der Waals surface area contributed by atoms with E-state index in [0.717, 1.165) is 17.9 Å². The van der Waals surface area contributed by atoms with Crippen LogP contribution in [0.3, 0.4) is 0 Å². The van der Waals surface area contributed by atoms with Gasteiger partial charge in [0.2, 0.25) is 5.91 Å². The summed E-state index contributed by atoms with van der Waals surface area (Å²) in [5.74, 6) is 1.08. The van der Waals surface area contributed by atoms with E-state index in [2.05, 4.69) is 31.7 Å². The molecular weight excluding hydrogens is 266 g/mol. The minimum absolute atomic E-state index is 0.0195. The Morgan fingerprint density at radius 2 is 2.05 bits per heavy atom. The summed E-state index contributed by atoms with van der Waals surface area (Å²) in [7, 11) is 0. The largest absolute Gasteiger partial charge is 0.338 e. The van der Waals surface area contributed by atoms with Gasteiger partial charge in [0.25, 0.3) is 0 Å². The molecule has 1 aromatic rings. The van der Waals surface area contributed by atoms with Crippen molar-refractivity contribution in [2.24, 2.45) is 0 Å². The number of amides is 1. The number of likely N-dealkylation sites (N-methyl/N-ethyl adjacent to an activating group) is 1. The standard InChI is InChI=1S/C17H25NOS/c1-6-18(11-13(2)3)17(19)15(5)20-12-16-10-8-7-9-14(16)4/h7-10,15H,2,6,11-12H2,1,3-5H3. The third-order valence-electron chi connectivity index (χ3n) is 3.25. The molecule has 1 aromatic carbocycles. The normalized spacial score (nSPS) is 12.0. The lowest BCUT2D eigenvalue weighted by Gasteiger charge is -2.24. The summed E-state index contributed by atoms with van der Waals surface area (Å²) >= 11 is 1.70. The molecule has 1 rings (SSSR count). The molecule has 3 heteroatoms. The van der Waals surface area contributed by atoms with Gasteiger partial charge in [-0.3, -0.25) is 4.79 Å². The van der Waals surface area contributed by atoms with E-state index in [1.165, 1.54) is 11.1 Å². The summed E-state index contributed by atoms with van der Waals surface area (Å²) in [5.41, 5.74) is 3.62. The van der Waals surface area contributed by atoms with Crippen LogP contribution < -0.4 is 0 Å². The van der Waals surface area contributed by atoms with Gasteiger partial charge < -0.3 is 4.90 Å². The molecule has 0 saturated carbocycles. The fourth-order valence-corrected chi connectivity index (χ4v) is 3.03. The van der Waals surface area contributed by atoms with Gasteiger partial charge >= 0.3 is 0 Å². The highest BCUT2D eigenvalue weighted by molar-refractivity contribution is 7.99. The maximum absolute atomic E-state index is 12.4. The van der Waals surface area contributed by atoms with E-state index in [-0.39, 0.29) is 11.2 Å². The minimum atomic E-state index is -0.0195. The Balaban J connectivity index is 2.57. The number of thioether (sulfide) groups is 1. The zero-order chi connectivity index (χ0) is 15.1. The fraction of sp³-hybridized carbons (Fsp3) is 0.471. The van der Waals surface area contributed by atoms with Gasteiger partial charge in [0.15, 0.2) is 0 Å². The highest BCUT2D eigenvalue weighted by atomic mass is 32.2. The topological polar surface area (TPSA) is 20.3 Å². The van der Waals surface area contributed by atoms with Crippen LogP contribution in [-0.4, -0.2) is 29.1 Å². The van der Waals surface area contributed by atoms with Crippen LogP contribution in [0.1, 0.15) is 31.9 Å². The molecule has 0 aliphatic rings. The average Bonchev–Trinajstić information content (AvgIpc) is 2.42. The summed E-state index contributed by atoms with van der Waals surface area (Å²) in [4.78, 5) is 14.3. The van der Waals surface area contributed by atoms with Gasteiger partial charge in [0, 0.05) is 18.8 Å². The Morgan fingerprint density at radius 3 is 2.60 bits per heavy atom. The van der Waals surface area contributed by atoms with Crippen LogP contribution in [0.4, 0.5) is 0 Å². The molecule has 0 bridgehead atoms. The van der Waals surface area contributed by atoms with E-state index in [9.17, 15) is 4.79 Å². The van der Waals surface area contributed by atoms with Crippen molar-refractivity contribution >= 4 is 17.7 Å². The number of rotatable bonds is 7. The molecule has 1 unspecified atom stereocenters. The molecule has 0 N–H and O–H groups in total. The Hall–Kier alpha value is -1.22. The quantitative estimate of drug-likeness (QED) is 0.707. The fourth-order valence-electron chi connectivity index (χ4n) is 1.99. The first-order chi connectivity index (χ1) is 9.45. The van der Waals surface area contributed by atoms with Gasteiger partial charge in [-0.15, -0.1) is 11.8 Å². The van der Waals surface area contributed by atoms with Crippen molar-refractivity contribution in [2.45, 2.75) is 38.7 Å². The summed E-state index contributed by atoms with van der Waals surface area (Å²) in [6.07, 6.45) is 0. The SMILES string of the molecule is C=C(C)CN(CC)C(=O)C(C)SCc1ccccc1C. The number of hydrogen-bond donors (Lipinski definition) is 0. The Kier molecular flexibility index (Phi) is 6.86. The summed E-state index contributed by atoms with van der Waals surface area (Å²) in [6.45, 7) is 13.4. The molecule has 0 spiro atoms. The molecule has 0 saturated heterocycles. The first-order valence-electron chi connectivity index (χ1n) is 7.05. The lowest BCUT2D eigenvalue weighted by atomic mass is 10.1. The van der Waals surface area contributed by atoms with E-state index in [4.69, 9.17) is 0 Å². The number of carbonyl (C=O) groups excluding carboxylic acids is 1. The second-order valence-corrected chi connectivity index (χ2v) is 6.52. The van der Waals surface area contributed by atoms with Crippen LogP contribution in [0.5, 0.6) is 0 Å². The molecule has 0 aromatic heterocycles. The van der Waals surface area contributed by atoms with E-state index in [1.54, 1.807) is 11.8 Å². The second kappa shape index (κ2) is 8.15. The third-order valence-corrected chi connectivity index (χ3v) is 4.43. The van der Waals surface area contributed by atoms with Crippen LogP contribution in [0, 0.1) is 6.92 Å². The molecule has 1 amide bonds. The van der Waals surface area contributed by atoms with Gasteiger partial charge in [0.1, 0.15) is 0 Å². The zero-order valence-corrected chi connectivity index (χ0v) is 13.8. The van der Waals surface area contributed by atoms with Crippen LogP contribution in [0.25, 0.3) is 0 Å². The first kappa shape index (κ1) is 16.8. The zero-order valence-electron chi connectivity index (χ0n) is 13.0. The molecule has 20 heavy (non-hydrogen) atoms. The molecule has 0 heterocycles. The van der Waals surface area contributed by atoms with E-state index < -0.39 is 0 Å². The van der Waals surface area contributed by atoms with Crippen molar-refractivity contribution < 1.29 is 4.79 Å². The maximum atomic E-state index is 12.4. The first-order valence-corrected chi connectivity index (χ1v) is 8.09. The summed E-state index contributed by atoms with van der Waals surface area (Å²) in [6, 6.07) is 8.34. The smallest absolute Gasteiger partial charge is 0.235 e. The van der Waals surface area contributed by atoms with Crippen molar-refractivity contribution in [1.29, 1.82) is 0 Å². The van der Waals surface area contributed by atoms with Crippen LogP contribution in [0.2, 0.25) is 0 Å². The Morgan fingerprint density at radius 1 is 1.40 bits per heavy atom. The molecule has 2 nitrogen and oxygen atoms in total. The van der Waals surface area contributed by atoms with Crippen molar-refractivity contribution in [2.75, 3.05) is 13.1 Å². The molecule has 0 radical (unpaired) electrons. The number of hydrogen-bond acceptors (Lipinski definition) is 2. The second-order valence-electron chi connectivity index (χ2n) is 5.19. The minimum Gasteiger partial charge on any atom is -0.338 e. The number of carbonyl (C=O) groups is 1. The third kappa shape index (κ3) is 5.04. The predicted octanol–water partition coefficient (Wildman–Crippen LogP) is 4.04. The monoisotopic (exact) mass is 291 g/mol. The van der Waals surface area contributed by atoms with Crippen LogP contribution in [-0.2, 0) is 10.5 Å². The Labute approximate surface area is 127 Å². The van der Waals surface area contributed by atoms with Gasteiger partial charge in [-0.05, 0) is 38.8 Å². The molecule has 1 atom stereocenters. The lowest BCUT2D eigenvalue weighted by molar-refractivity contribution is -0.129. The van der Waals surface area contributed by atoms with Crippen molar-refractivity contribution in [3.63, 3.8) is 0 Å². The van der Waals surface area contributed by atoms with Crippen LogP contribution in [0.15, 0.2) is 36.4 Å². The molecule has 0 aliphatic heterocycles. The molecule has 110 valence electrons. The van der Waals surface area contributed by atoms with Gasteiger partial charge in [0.05, 0.1) is 5.25 Å². The van der Waals surface area contributed by atoms with Crippen molar-refractivity contribution in [3.8, 4) is 0 Å². The van der Waals surface area contributed by atoms with E-state index in [1.807, 2.05) is 31.7 Å². The Bertz CT molecular complexity index is 470. The van der Waals surface area contributed by atoms with Crippen molar-refractivity contribution in [1.82, 2.24) is 4.90 Å². The maximum Gasteiger partial charge on any atom is 0.235 e. The molecule has 0 aliphatic carbocycles. The number of aryl methyl sites for hydroxylation is 1. The number of benzene rings is 1. The van der Waals surface area contributed by atoms with Gasteiger partial charge in [-0.1, -0.05) is 36.4 Å². The van der Waals surface area contributed by atoms with E-state index in [0.29, 0.717) is 6.54 Å². The average molecular weight is 291 g/mol. The van der Waals surface area contributed by atoms with Gasteiger partial charge in [-0.25, -0.2) is 0 Å². The highest BCUT2D eigenvalue weighted by Gasteiger charge is 2.19.